The number of thiophene rings is 1. The lowest BCUT2D eigenvalue weighted by molar-refractivity contribution is 0.248. The molecule has 0 radical (unpaired) electrons. The number of nitrogens with one attached hydrogen (secondary N) is 1. The third kappa shape index (κ3) is 2.61. The van der Waals surface area contributed by atoms with E-state index in [1.807, 2.05) is 11.3 Å². The molecule has 1 heterocycles. The highest BCUT2D eigenvalue weighted by atomic mass is 32.1. The van der Waals surface area contributed by atoms with Gasteiger partial charge in [-0.2, -0.15) is 0 Å². The third-order valence-corrected chi connectivity index (χ3v) is 4.54. The fraction of sp³-hybridized carbons (Fsp3) is 0.692. The van der Waals surface area contributed by atoms with Crippen molar-refractivity contribution in [3.8, 4) is 0 Å². The van der Waals surface area contributed by atoms with E-state index in [4.69, 9.17) is 0 Å². The average molecular weight is 225 g/mol. The molecule has 1 rings (SSSR count). The van der Waals surface area contributed by atoms with Gasteiger partial charge in [0, 0.05) is 15.8 Å². The lowest BCUT2D eigenvalue weighted by Crippen LogP contribution is -2.31. The lowest BCUT2D eigenvalue weighted by atomic mass is 9.80. The van der Waals surface area contributed by atoms with Crippen molar-refractivity contribution in [1.82, 2.24) is 5.32 Å². The molecule has 1 atom stereocenters. The number of hydrogen-bond acceptors (Lipinski definition) is 2. The van der Waals surface area contributed by atoms with Gasteiger partial charge in [-0.3, -0.25) is 0 Å². The van der Waals surface area contributed by atoms with Gasteiger partial charge in [0.15, 0.2) is 0 Å². The monoisotopic (exact) mass is 225 g/mol. The molecule has 1 N–H and O–H groups in total. The Kier molecular flexibility index (Phi) is 3.96. The second kappa shape index (κ2) is 4.67. The fourth-order valence-electron chi connectivity index (χ4n) is 2.03. The van der Waals surface area contributed by atoms with Crippen molar-refractivity contribution in [3.63, 3.8) is 0 Å². The molecule has 1 unspecified atom stereocenters. The summed E-state index contributed by atoms with van der Waals surface area (Å²) in [5.74, 6) is 0. The molecular formula is C13H23NS. The Morgan fingerprint density at radius 1 is 1.40 bits per heavy atom. The quantitative estimate of drug-likeness (QED) is 0.815. The van der Waals surface area contributed by atoms with E-state index in [1.165, 1.54) is 21.7 Å². The Hall–Kier alpha value is -0.340. The topological polar surface area (TPSA) is 12.0 Å². The Morgan fingerprint density at radius 3 is 2.33 bits per heavy atom. The summed E-state index contributed by atoms with van der Waals surface area (Å²) in [7, 11) is 2.07. The molecule has 15 heavy (non-hydrogen) atoms. The molecule has 2 heteroatoms. The maximum absolute atomic E-state index is 3.47. The van der Waals surface area contributed by atoms with Gasteiger partial charge in [0.05, 0.1) is 0 Å². The summed E-state index contributed by atoms with van der Waals surface area (Å²) in [6.07, 6.45) is 1.19. The summed E-state index contributed by atoms with van der Waals surface area (Å²) >= 11 is 1.93. The van der Waals surface area contributed by atoms with Crippen molar-refractivity contribution in [2.75, 3.05) is 7.05 Å². The summed E-state index contributed by atoms with van der Waals surface area (Å²) in [5.41, 5.74) is 1.75. The van der Waals surface area contributed by atoms with Crippen LogP contribution >= 0.6 is 11.3 Å². The largest absolute Gasteiger partial charge is 0.312 e. The zero-order valence-corrected chi connectivity index (χ0v) is 11.6. The first kappa shape index (κ1) is 12.7. The summed E-state index contributed by atoms with van der Waals surface area (Å²) in [4.78, 5) is 2.91. The van der Waals surface area contributed by atoms with E-state index in [2.05, 4.69) is 53.0 Å². The highest BCUT2D eigenvalue weighted by Crippen LogP contribution is 2.40. The Labute approximate surface area is 97.9 Å². The normalized spacial score (nSPS) is 14.3. The van der Waals surface area contributed by atoms with Crippen LogP contribution in [0, 0.1) is 19.3 Å². The van der Waals surface area contributed by atoms with Gasteiger partial charge in [0.25, 0.3) is 0 Å². The Bertz CT molecular complexity index is 325. The van der Waals surface area contributed by atoms with E-state index in [9.17, 15) is 0 Å². The van der Waals surface area contributed by atoms with E-state index in [-0.39, 0.29) is 0 Å². The number of aryl methyl sites for hydroxylation is 2. The van der Waals surface area contributed by atoms with Crippen LogP contribution in [-0.4, -0.2) is 7.05 Å². The predicted octanol–water partition coefficient (Wildman–Crippen LogP) is 4.06. The summed E-state index contributed by atoms with van der Waals surface area (Å²) in [6, 6.07) is 2.76. The molecule has 0 bridgehead atoms. The minimum atomic E-state index is 0.316. The molecule has 0 amide bonds. The van der Waals surface area contributed by atoms with Gasteiger partial charge in [-0.15, -0.1) is 11.3 Å². The molecule has 0 aliphatic heterocycles. The molecule has 1 aromatic rings. The lowest BCUT2D eigenvalue weighted by Gasteiger charge is -2.33. The first-order valence-electron chi connectivity index (χ1n) is 5.66. The summed E-state index contributed by atoms with van der Waals surface area (Å²) in [5, 5.41) is 3.47. The third-order valence-electron chi connectivity index (χ3n) is 3.32. The van der Waals surface area contributed by atoms with Crippen LogP contribution in [0.4, 0.5) is 0 Å². The summed E-state index contributed by atoms with van der Waals surface area (Å²) < 4.78 is 0. The minimum Gasteiger partial charge on any atom is -0.312 e. The van der Waals surface area contributed by atoms with Gasteiger partial charge in [0.1, 0.15) is 0 Å². The van der Waals surface area contributed by atoms with E-state index in [0.29, 0.717) is 11.5 Å². The average Bonchev–Trinajstić information content (AvgIpc) is 2.47. The van der Waals surface area contributed by atoms with Gasteiger partial charge in [-0.05, 0) is 44.4 Å². The van der Waals surface area contributed by atoms with Crippen molar-refractivity contribution >= 4 is 11.3 Å². The highest BCUT2D eigenvalue weighted by molar-refractivity contribution is 7.12. The van der Waals surface area contributed by atoms with Crippen LogP contribution in [0.2, 0.25) is 0 Å². The minimum absolute atomic E-state index is 0.316. The molecule has 0 aliphatic carbocycles. The molecule has 86 valence electrons. The van der Waals surface area contributed by atoms with E-state index in [1.54, 1.807) is 0 Å². The van der Waals surface area contributed by atoms with Crippen molar-refractivity contribution < 1.29 is 0 Å². The first-order chi connectivity index (χ1) is 6.92. The fourth-order valence-corrected chi connectivity index (χ4v) is 3.38. The standard InChI is InChI=1S/C13H23NS/c1-7-13(4,5)12(14-6)11-9(2)8-10(3)15-11/h8,12,14H,7H2,1-6H3. The van der Waals surface area contributed by atoms with Gasteiger partial charge in [-0.1, -0.05) is 20.8 Å². The molecule has 0 fully saturated rings. The predicted molar refractivity (Wildman–Crippen MR) is 69.7 cm³/mol. The number of rotatable bonds is 4. The SMILES string of the molecule is CCC(C)(C)C(NC)c1sc(C)cc1C. The Balaban J connectivity index is 3.07. The van der Waals surface area contributed by atoms with Crippen LogP contribution in [0.1, 0.15) is 48.6 Å². The molecule has 1 nitrogen and oxygen atoms in total. The van der Waals surface area contributed by atoms with Crippen LogP contribution in [0.3, 0.4) is 0 Å². The molecule has 0 spiro atoms. The first-order valence-corrected chi connectivity index (χ1v) is 6.48. The van der Waals surface area contributed by atoms with Gasteiger partial charge < -0.3 is 5.32 Å². The van der Waals surface area contributed by atoms with Crippen molar-refractivity contribution in [2.45, 2.75) is 47.1 Å². The van der Waals surface area contributed by atoms with Crippen LogP contribution in [-0.2, 0) is 0 Å². The van der Waals surface area contributed by atoms with E-state index in [0.717, 1.165) is 0 Å². The zero-order valence-electron chi connectivity index (χ0n) is 10.8. The van der Waals surface area contributed by atoms with E-state index < -0.39 is 0 Å². The molecule has 0 saturated heterocycles. The Morgan fingerprint density at radius 2 is 2.00 bits per heavy atom. The second-order valence-corrected chi connectivity index (χ2v) is 6.26. The van der Waals surface area contributed by atoms with Crippen molar-refractivity contribution in [1.29, 1.82) is 0 Å². The summed E-state index contributed by atoms with van der Waals surface area (Å²) in [6.45, 7) is 11.3. The smallest absolute Gasteiger partial charge is 0.0466 e. The molecule has 0 saturated carbocycles. The van der Waals surface area contributed by atoms with Crippen molar-refractivity contribution in [3.05, 3.63) is 21.4 Å². The van der Waals surface area contributed by atoms with Gasteiger partial charge in [0.2, 0.25) is 0 Å². The molecular weight excluding hydrogens is 202 g/mol. The highest BCUT2D eigenvalue weighted by Gasteiger charge is 2.29. The van der Waals surface area contributed by atoms with Crippen LogP contribution in [0.5, 0.6) is 0 Å². The van der Waals surface area contributed by atoms with Crippen molar-refractivity contribution in [2.24, 2.45) is 5.41 Å². The maximum Gasteiger partial charge on any atom is 0.0466 e. The maximum atomic E-state index is 3.47. The molecule has 0 aromatic carbocycles. The van der Waals surface area contributed by atoms with Crippen LogP contribution in [0.25, 0.3) is 0 Å². The van der Waals surface area contributed by atoms with Crippen LogP contribution < -0.4 is 5.32 Å². The molecule has 0 aliphatic rings. The van der Waals surface area contributed by atoms with Gasteiger partial charge >= 0.3 is 0 Å². The second-order valence-electron chi connectivity index (χ2n) is 4.97. The zero-order chi connectivity index (χ0) is 11.6. The van der Waals surface area contributed by atoms with E-state index >= 15 is 0 Å². The molecule has 1 aromatic heterocycles. The number of hydrogen-bond donors (Lipinski definition) is 1. The van der Waals surface area contributed by atoms with Crippen LogP contribution in [0.15, 0.2) is 6.07 Å². The van der Waals surface area contributed by atoms with Gasteiger partial charge in [-0.25, -0.2) is 0 Å².